The van der Waals surface area contributed by atoms with Crippen LogP contribution in [0.4, 0.5) is 8.78 Å². The minimum atomic E-state index is -2.50. The molecule has 0 amide bonds. The molecule has 0 saturated heterocycles. The summed E-state index contributed by atoms with van der Waals surface area (Å²) >= 11 is 0. The van der Waals surface area contributed by atoms with Gasteiger partial charge in [-0.1, -0.05) is 0 Å². The third-order valence-corrected chi connectivity index (χ3v) is 1.93. The fourth-order valence-electron chi connectivity index (χ4n) is 1.16. The van der Waals surface area contributed by atoms with Crippen molar-refractivity contribution in [2.45, 2.75) is 26.9 Å². The molecule has 0 aliphatic rings. The van der Waals surface area contributed by atoms with Crippen LogP contribution in [-0.2, 0) is 6.61 Å². The van der Waals surface area contributed by atoms with E-state index in [1.54, 1.807) is 6.92 Å². The normalized spacial score (nSPS) is 10.9. The molecule has 1 aromatic heterocycles. The zero-order valence-corrected chi connectivity index (χ0v) is 7.51. The monoisotopic (exact) mass is 187 g/mol. The lowest BCUT2D eigenvalue weighted by Crippen LogP contribution is -2.01. The number of rotatable bonds is 2. The lowest BCUT2D eigenvalue weighted by Gasteiger charge is -2.08. The van der Waals surface area contributed by atoms with Crippen LogP contribution in [0.1, 0.15) is 28.9 Å². The number of aliphatic hydroxyl groups excluding tert-OH is 1. The summed E-state index contributed by atoms with van der Waals surface area (Å²) in [5.74, 6) is 0. The van der Waals surface area contributed by atoms with E-state index in [1.165, 1.54) is 13.0 Å². The van der Waals surface area contributed by atoms with Crippen molar-refractivity contribution in [2.75, 3.05) is 0 Å². The standard InChI is InChI=1S/C9H11F2NO/c1-5-3-7(9(10)11)6(2)12-8(5)4-13/h3,9,13H,4H2,1-2H3. The summed E-state index contributed by atoms with van der Waals surface area (Å²) in [4.78, 5) is 3.88. The molecule has 1 heterocycles. The molecule has 0 saturated carbocycles. The van der Waals surface area contributed by atoms with Gasteiger partial charge in [-0.15, -0.1) is 0 Å². The maximum Gasteiger partial charge on any atom is 0.265 e. The van der Waals surface area contributed by atoms with E-state index >= 15 is 0 Å². The first-order chi connectivity index (χ1) is 6.06. The van der Waals surface area contributed by atoms with Gasteiger partial charge in [-0.05, 0) is 25.5 Å². The van der Waals surface area contributed by atoms with Crippen molar-refractivity contribution in [3.8, 4) is 0 Å². The molecule has 0 fully saturated rings. The Labute approximate surface area is 75.2 Å². The zero-order valence-electron chi connectivity index (χ0n) is 7.51. The van der Waals surface area contributed by atoms with E-state index in [0.29, 0.717) is 11.3 Å². The summed E-state index contributed by atoms with van der Waals surface area (Å²) in [6, 6.07) is 1.37. The van der Waals surface area contributed by atoms with Crippen LogP contribution in [-0.4, -0.2) is 10.1 Å². The molecule has 0 atom stereocenters. The predicted molar refractivity (Wildman–Crippen MR) is 44.6 cm³/mol. The van der Waals surface area contributed by atoms with E-state index in [1.807, 2.05) is 0 Å². The number of alkyl halides is 2. The first-order valence-electron chi connectivity index (χ1n) is 3.92. The summed E-state index contributed by atoms with van der Waals surface area (Å²) in [5.41, 5.74) is 1.28. The number of halogens is 2. The molecule has 0 spiro atoms. The molecule has 0 radical (unpaired) electrons. The van der Waals surface area contributed by atoms with Gasteiger partial charge in [-0.25, -0.2) is 8.78 Å². The van der Waals surface area contributed by atoms with E-state index in [0.717, 1.165) is 0 Å². The summed E-state index contributed by atoms with van der Waals surface area (Å²) in [6.07, 6.45) is -2.50. The van der Waals surface area contributed by atoms with Crippen LogP contribution in [0.5, 0.6) is 0 Å². The lowest BCUT2D eigenvalue weighted by molar-refractivity contribution is 0.149. The molecule has 1 N–H and O–H groups in total. The second-order valence-corrected chi connectivity index (χ2v) is 2.89. The molecule has 0 aromatic carbocycles. The Balaban J connectivity index is 3.20. The first kappa shape index (κ1) is 10.1. The Morgan fingerprint density at radius 1 is 1.46 bits per heavy atom. The lowest BCUT2D eigenvalue weighted by atomic mass is 10.1. The van der Waals surface area contributed by atoms with Crippen molar-refractivity contribution in [2.24, 2.45) is 0 Å². The number of hydrogen-bond donors (Lipinski definition) is 1. The average molecular weight is 187 g/mol. The molecule has 0 unspecified atom stereocenters. The minimum Gasteiger partial charge on any atom is -0.390 e. The first-order valence-corrected chi connectivity index (χ1v) is 3.92. The second-order valence-electron chi connectivity index (χ2n) is 2.89. The van der Waals surface area contributed by atoms with Gasteiger partial charge in [0.05, 0.1) is 12.3 Å². The van der Waals surface area contributed by atoms with E-state index in [-0.39, 0.29) is 17.9 Å². The number of hydrogen-bond acceptors (Lipinski definition) is 2. The van der Waals surface area contributed by atoms with Gasteiger partial charge in [-0.3, -0.25) is 4.98 Å². The van der Waals surface area contributed by atoms with Crippen LogP contribution < -0.4 is 0 Å². The van der Waals surface area contributed by atoms with Crippen molar-refractivity contribution >= 4 is 0 Å². The van der Waals surface area contributed by atoms with Gasteiger partial charge in [-0.2, -0.15) is 0 Å². The Morgan fingerprint density at radius 2 is 2.08 bits per heavy atom. The van der Waals surface area contributed by atoms with Crippen molar-refractivity contribution in [3.63, 3.8) is 0 Å². The number of aromatic nitrogens is 1. The predicted octanol–water partition coefficient (Wildman–Crippen LogP) is 2.13. The molecule has 72 valence electrons. The van der Waals surface area contributed by atoms with Gasteiger partial charge in [0, 0.05) is 11.3 Å². The van der Waals surface area contributed by atoms with Gasteiger partial charge in [0.2, 0.25) is 0 Å². The maximum absolute atomic E-state index is 12.3. The minimum absolute atomic E-state index is 0.0605. The van der Waals surface area contributed by atoms with Gasteiger partial charge >= 0.3 is 0 Å². The third-order valence-electron chi connectivity index (χ3n) is 1.93. The topological polar surface area (TPSA) is 33.1 Å². The van der Waals surface area contributed by atoms with Crippen LogP contribution in [0, 0.1) is 13.8 Å². The summed E-state index contributed by atoms with van der Waals surface area (Å²) in [7, 11) is 0. The summed E-state index contributed by atoms with van der Waals surface area (Å²) < 4.78 is 24.7. The van der Waals surface area contributed by atoms with E-state index in [4.69, 9.17) is 5.11 Å². The van der Waals surface area contributed by atoms with E-state index in [9.17, 15) is 8.78 Å². The molecule has 13 heavy (non-hydrogen) atoms. The van der Waals surface area contributed by atoms with Crippen LogP contribution in [0.25, 0.3) is 0 Å². The highest BCUT2D eigenvalue weighted by Gasteiger charge is 2.13. The Bertz CT molecular complexity index is 313. The molecule has 0 bridgehead atoms. The van der Waals surface area contributed by atoms with Crippen LogP contribution >= 0.6 is 0 Å². The molecule has 1 aromatic rings. The average Bonchev–Trinajstić information content (AvgIpc) is 2.07. The molecule has 0 aliphatic carbocycles. The second kappa shape index (κ2) is 3.79. The Morgan fingerprint density at radius 3 is 2.54 bits per heavy atom. The summed E-state index contributed by atoms with van der Waals surface area (Å²) in [6.45, 7) is 2.96. The van der Waals surface area contributed by atoms with Crippen molar-refractivity contribution in [3.05, 3.63) is 28.6 Å². The fourth-order valence-corrected chi connectivity index (χ4v) is 1.16. The van der Waals surface area contributed by atoms with E-state index in [2.05, 4.69) is 4.98 Å². The van der Waals surface area contributed by atoms with Crippen molar-refractivity contribution in [1.82, 2.24) is 4.98 Å². The maximum atomic E-state index is 12.3. The Kier molecular flexibility index (Phi) is 2.93. The zero-order chi connectivity index (χ0) is 10.0. The van der Waals surface area contributed by atoms with Crippen LogP contribution in [0.3, 0.4) is 0 Å². The van der Waals surface area contributed by atoms with E-state index < -0.39 is 6.43 Å². The van der Waals surface area contributed by atoms with Crippen LogP contribution in [0.2, 0.25) is 0 Å². The number of aliphatic hydroxyl groups is 1. The number of pyridine rings is 1. The SMILES string of the molecule is Cc1cc(C(F)F)c(C)nc1CO. The van der Waals surface area contributed by atoms with Crippen LogP contribution in [0.15, 0.2) is 6.07 Å². The molecule has 1 rings (SSSR count). The highest BCUT2D eigenvalue weighted by Crippen LogP contribution is 2.23. The number of aryl methyl sites for hydroxylation is 2. The summed E-state index contributed by atoms with van der Waals surface area (Å²) in [5, 5.41) is 8.82. The molecule has 2 nitrogen and oxygen atoms in total. The molecule has 0 aliphatic heterocycles. The van der Waals surface area contributed by atoms with Gasteiger partial charge < -0.3 is 5.11 Å². The quantitative estimate of drug-likeness (QED) is 0.769. The van der Waals surface area contributed by atoms with Crippen molar-refractivity contribution < 1.29 is 13.9 Å². The molecular weight excluding hydrogens is 176 g/mol. The molecule has 4 heteroatoms. The third kappa shape index (κ3) is 2.01. The van der Waals surface area contributed by atoms with Gasteiger partial charge in [0.25, 0.3) is 6.43 Å². The molecular formula is C9H11F2NO. The van der Waals surface area contributed by atoms with Gasteiger partial charge in [0.15, 0.2) is 0 Å². The fraction of sp³-hybridized carbons (Fsp3) is 0.444. The largest absolute Gasteiger partial charge is 0.390 e. The highest BCUT2D eigenvalue weighted by molar-refractivity contribution is 5.29. The Hall–Kier alpha value is -1.03. The smallest absolute Gasteiger partial charge is 0.265 e. The number of nitrogens with zero attached hydrogens (tertiary/aromatic N) is 1. The van der Waals surface area contributed by atoms with Crippen molar-refractivity contribution in [1.29, 1.82) is 0 Å². The highest BCUT2D eigenvalue weighted by atomic mass is 19.3. The van der Waals surface area contributed by atoms with Gasteiger partial charge in [0.1, 0.15) is 0 Å².